The summed E-state index contributed by atoms with van der Waals surface area (Å²) in [5.41, 5.74) is 1.67. The normalized spacial score (nSPS) is 13.9. The van der Waals surface area contributed by atoms with Gasteiger partial charge in [-0.15, -0.1) is 0 Å². The number of nitrogens with zero attached hydrogens (tertiary/aromatic N) is 5. The van der Waals surface area contributed by atoms with Gasteiger partial charge in [-0.3, -0.25) is 9.59 Å². The maximum atomic E-state index is 12.2. The second kappa shape index (κ2) is 5.20. The first-order chi connectivity index (χ1) is 9.74. The molecule has 0 aliphatic carbocycles. The molecule has 0 fully saturated rings. The minimum Gasteiger partial charge on any atom is -0.336 e. The molecule has 0 aromatic carbocycles. The van der Waals surface area contributed by atoms with Crippen molar-refractivity contribution in [2.45, 2.75) is 19.5 Å². The highest BCUT2D eigenvalue weighted by Crippen LogP contribution is 2.15. The van der Waals surface area contributed by atoms with Crippen LogP contribution in [0, 0.1) is 0 Å². The topological polar surface area (TPSA) is 81.0 Å². The molecule has 7 heteroatoms. The average molecular weight is 271 g/mol. The maximum Gasteiger partial charge on any atom is 0.267 e. The van der Waals surface area contributed by atoms with Crippen LogP contribution in [0.5, 0.6) is 0 Å². The van der Waals surface area contributed by atoms with Gasteiger partial charge in [0.2, 0.25) is 5.91 Å². The summed E-state index contributed by atoms with van der Waals surface area (Å²) in [7, 11) is 0. The van der Waals surface area contributed by atoms with E-state index in [0.717, 1.165) is 11.3 Å². The van der Waals surface area contributed by atoms with Gasteiger partial charge in [-0.25, -0.2) is 14.6 Å². The van der Waals surface area contributed by atoms with Gasteiger partial charge in [-0.1, -0.05) is 0 Å². The smallest absolute Gasteiger partial charge is 0.267 e. The molecule has 7 nitrogen and oxygen atoms in total. The van der Waals surface area contributed by atoms with Crippen molar-refractivity contribution in [1.29, 1.82) is 0 Å². The molecule has 2 aromatic heterocycles. The Morgan fingerprint density at radius 1 is 1.40 bits per heavy atom. The summed E-state index contributed by atoms with van der Waals surface area (Å²) < 4.78 is 1.17. The summed E-state index contributed by atoms with van der Waals surface area (Å²) in [5.74, 6) is -0.125. The van der Waals surface area contributed by atoms with Gasteiger partial charge in [0.15, 0.2) is 0 Å². The first-order valence-corrected chi connectivity index (χ1v) is 6.32. The van der Waals surface area contributed by atoms with Crippen LogP contribution in [0.25, 0.3) is 0 Å². The van der Waals surface area contributed by atoms with Crippen molar-refractivity contribution in [3.05, 3.63) is 52.5 Å². The Morgan fingerprint density at radius 3 is 3.15 bits per heavy atom. The number of fused-ring (bicyclic) bond motifs is 1. The molecule has 0 spiro atoms. The van der Waals surface area contributed by atoms with Gasteiger partial charge in [-0.2, -0.15) is 5.10 Å². The van der Waals surface area contributed by atoms with E-state index in [2.05, 4.69) is 15.1 Å². The van der Waals surface area contributed by atoms with Crippen LogP contribution in [-0.4, -0.2) is 37.1 Å². The molecular formula is C13H13N5O2. The highest BCUT2D eigenvalue weighted by Gasteiger charge is 2.22. The summed E-state index contributed by atoms with van der Waals surface area (Å²) in [5, 5.41) is 3.89. The van der Waals surface area contributed by atoms with Gasteiger partial charge in [0, 0.05) is 43.5 Å². The minimum absolute atomic E-state index is 0.0390. The predicted octanol–water partition coefficient (Wildman–Crippen LogP) is -0.382. The van der Waals surface area contributed by atoms with E-state index in [9.17, 15) is 9.59 Å². The predicted molar refractivity (Wildman–Crippen MR) is 69.7 cm³/mol. The molecule has 0 saturated heterocycles. The highest BCUT2D eigenvalue weighted by molar-refractivity contribution is 5.76. The van der Waals surface area contributed by atoms with E-state index in [0.29, 0.717) is 19.5 Å². The zero-order valence-corrected chi connectivity index (χ0v) is 10.8. The second-order valence-corrected chi connectivity index (χ2v) is 4.58. The number of rotatable bonds is 2. The Labute approximate surface area is 114 Å². The molecular weight excluding hydrogens is 258 g/mol. The molecule has 102 valence electrons. The third-order valence-corrected chi connectivity index (χ3v) is 3.28. The molecule has 0 bridgehead atoms. The van der Waals surface area contributed by atoms with Crippen LogP contribution in [0.15, 0.2) is 35.6 Å². The summed E-state index contributed by atoms with van der Waals surface area (Å²) >= 11 is 0. The highest BCUT2D eigenvalue weighted by atomic mass is 16.2. The SMILES string of the molecule is O=C(Cn1ncccc1=O)N1CCc2ncncc2C1. The van der Waals surface area contributed by atoms with Crippen LogP contribution in [0.1, 0.15) is 11.3 Å². The lowest BCUT2D eigenvalue weighted by Crippen LogP contribution is -2.40. The Hall–Kier alpha value is -2.57. The zero-order valence-electron chi connectivity index (χ0n) is 10.8. The third kappa shape index (κ3) is 2.42. The van der Waals surface area contributed by atoms with Crippen LogP contribution >= 0.6 is 0 Å². The molecule has 0 radical (unpaired) electrons. The van der Waals surface area contributed by atoms with Crippen molar-refractivity contribution in [2.24, 2.45) is 0 Å². The van der Waals surface area contributed by atoms with Crippen molar-refractivity contribution in [1.82, 2.24) is 24.6 Å². The van der Waals surface area contributed by atoms with Gasteiger partial charge in [0.05, 0.1) is 5.69 Å². The monoisotopic (exact) mass is 271 g/mol. The fourth-order valence-electron chi connectivity index (χ4n) is 2.21. The maximum absolute atomic E-state index is 12.2. The van der Waals surface area contributed by atoms with E-state index in [1.165, 1.54) is 23.3 Å². The molecule has 2 aromatic rings. The van der Waals surface area contributed by atoms with E-state index in [1.807, 2.05) is 0 Å². The van der Waals surface area contributed by atoms with Crippen molar-refractivity contribution in [3.8, 4) is 0 Å². The number of aromatic nitrogens is 4. The summed E-state index contributed by atoms with van der Waals surface area (Å²) in [4.78, 5) is 33.6. The Kier molecular flexibility index (Phi) is 3.24. The fourth-order valence-corrected chi connectivity index (χ4v) is 2.21. The van der Waals surface area contributed by atoms with Gasteiger partial charge < -0.3 is 4.90 Å². The number of amides is 1. The van der Waals surface area contributed by atoms with Crippen LogP contribution in [0.2, 0.25) is 0 Å². The number of carbonyl (C=O) groups excluding carboxylic acids is 1. The quantitative estimate of drug-likeness (QED) is 0.743. The van der Waals surface area contributed by atoms with Crippen molar-refractivity contribution in [2.75, 3.05) is 6.54 Å². The molecule has 3 rings (SSSR count). The van der Waals surface area contributed by atoms with Gasteiger partial charge >= 0.3 is 0 Å². The molecule has 1 aliphatic rings. The van der Waals surface area contributed by atoms with E-state index in [4.69, 9.17) is 0 Å². The molecule has 0 saturated carbocycles. The van der Waals surface area contributed by atoms with Crippen molar-refractivity contribution in [3.63, 3.8) is 0 Å². The Morgan fingerprint density at radius 2 is 2.30 bits per heavy atom. The average Bonchev–Trinajstić information content (AvgIpc) is 2.49. The first-order valence-electron chi connectivity index (χ1n) is 6.32. The number of hydrogen-bond donors (Lipinski definition) is 0. The van der Waals surface area contributed by atoms with Crippen LogP contribution in [-0.2, 0) is 24.3 Å². The van der Waals surface area contributed by atoms with Gasteiger partial charge in [-0.05, 0) is 6.07 Å². The summed E-state index contributed by atoms with van der Waals surface area (Å²) in [6.45, 7) is 1.05. The van der Waals surface area contributed by atoms with Gasteiger partial charge in [0.25, 0.3) is 5.56 Å². The Balaban J connectivity index is 1.74. The summed E-state index contributed by atoms with van der Waals surface area (Å²) in [6, 6.07) is 2.94. The lowest BCUT2D eigenvalue weighted by Gasteiger charge is -2.27. The molecule has 0 N–H and O–H groups in total. The lowest BCUT2D eigenvalue weighted by molar-refractivity contribution is -0.133. The minimum atomic E-state index is -0.276. The largest absolute Gasteiger partial charge is 0.336 e. The number of hydrogen-bond acceptors (Lipinski definition) is 5. The molecule has 1 aliphatic heterocycles. The van der Waals surface area contributed by atoms with Crippen molar-refractivity contribution >= 4 is 5.91 Å². The van der Waals surface area contributed by atoms with Crippen LogP contribution in [0.3, 0.4) is 0 Å². The third-order valence-electron chi connectivity index (χ3n) is 3.28. The zero-order chi connectivity index (χ0) is 13.9. The molecule has 0 atom stereocenters. The second-order valence-electron chi connectivity index (χ2n) is 4.58. The van der Waals surface area contributed by atoms with Gasteiger partial charge in [0.1, 0.15) is 12.9 Å². The Bertz CT molecular complexity index is 697. The van der Waals surface area contributed by atoms with Crippen LogP contribution in [0.4, 0.5) is 0 Å². The van der Waals surface area contributed by atoms with Crippen molar-refractivity contribution < 1.29 is 4.79 Å². The van der Waals surface area contributed by atoms with E-state index < -0.39 is 0 Å². The summed E-state index contributed by atoms with van der Waals surface area (Å²) in [6.07, 6.45) is 5.45. The molecule has 20 heavy (non-hydrogen) atoms. The van der Waals surface area contributed by atoms with E-state index >= 15 is 0 Å². The van der Waals surface area contributed by atoms with Crippen LogP contribution < -0.4 is 5.56 Å². The fraction of sp³-hybridized carbons (Fsp3) is 0.308. The lowest BCUT2D eigenvalue weighted by atomic mass is 10.1. The van der Waals surface area contributed by atoms with E-state index in [1.54, 1.807) is 17.2 Å². The molecule has 1 amide bonds. The number of carbonyl (C=O) groups is 1. The molecule has 0 unspecified atom stereocenters. The standard InChI is InChI=1S/C13H13N5O2/c19-12-2-1-4-16-18(12)8-13(20)17-5-3-11-10(7-17)6-14-9-15-11/h1-2,4,6,9H,3,5,7-8H2. The van der Waals surface area contributed by atoms with E-state index in [-0.39, 0.29) is 18.0 Å². The first kappa shape index (κ1) is 12.5. The molecule has 3 heterocycles.